The van der Waals surface area contributed by atoms with Crippen molar-refractivity contribution in [2.75, 3.05) is 13.2 Å². The molecule has 2 rings (SSSR count). The van der Waals surface area contributed by atoms with E-state index < -0.39 is 5.97 Å². The van der Waals surface area contributed by atoms with Crippen LogP contribution in [0.4, 0.5) is 0 Å². The van der Waals surface area contributed by atoms with Crippen molar-refractivity contribution in [3.05, 3.63) is 53.9 Å². The Morgan fingerprint density at radius 2 is 1.90 bits per heavy atom. The van der Waals surface area contributed by atoms with Crippen molar-refractivity contribution in [2.45, 2.75) is 0 Å². The van der Waals surface area contributed by atoms with E-state index in [1.165, 1.54) is 12.3 Å². The zero-order valence-corrected chi connectivity index (χ0v) is 11.0. The molecule has 1 aromatic carbocycles. The predicted octanol–water partition coefficient (Wildman–Crippen LogP) is 2.11. The number of nitriles is 1. The molecule has 6 heteroatoms. The number of rotatable bonds is 6. The summed E-state index contributed by atoms with van der Waals surface area (Å²) in [6, 6.07) is 11.8. The quantitative estimate of drug-likeness (QED) is 0.817. The van der Waals surface area contributed by atoms with Crippen LogP contribution >= 0.6 is 0 Å². The van der Waals surface area contributed by atoms with Gasteiger partial charge in [-0.05, 0) is 36.4 Å². The summed E-state index contributed by atoms with van der Waals surface area (Å²) in [5, 5.41) is 17.6. The fourth-order valence-corrected chi connectivity index (χ4v) is 1.60. The van der Waals surface area contributed by atoms with Crippen molar-refractivity contribution >= 4 is 5.97 Å². The molecule has 106 valence electrons. The van der Waals surface area contributed by atoms with Gasteiger partial charge in [0.2, 0.25) is 0 Å². The molecule has 0 spiro atoms. The standard InChI is InChI=1S/C15H12N2O4/c16-10-11-3-5-12(6-4-11)20-8-9-21-13-2-1-7-17-14(13)15(18)19/h1-7H,8-9H2,(H,18,19). The number of aromatic nitrogens is 1. The number of pyridine rings is 1. The number of benzene rings is 1. The lowest BCUT2D eigenvalue weighted by molar-refractivity contribution is 0.0684. The average Bonchev–Trinajstić information content (AvgIpc) is 2.52. The Balaban J connectivity index is 1.85. The van der Waals surface area contributed by atoms with E-state index in [1.807, 2.05) is 6.07 Å². The molecule has 0 aliphatic heterocycles. The number of hydrogen-bond donors (Lipinski definition) is 1. The van der Waals surface area contributed by atoms with E-state index in [0.717, 1.165) is 0 Å². The van der Waals surface area contributed by atoms with Gasteiger partial charge < -0.3 is 14.6 Å². The van der Waals surface area contributed by atoms with Gasteiger partial charge in [-0.25, -0.2) is 9.78 Å². The van der Waals surface area contributed by atoms with Crippen molar-refractivity contribution in [3.63, 3.8) is 0 Å². The minimum atomic E-state index is -1.14. The van der Waals surface area contributed by atoms with E-state index >= 15 is 0 Å². The summed E-state index contributed by atoms with van der Waals surface area (Å²) in [6.07, 6.45) is 1.39. The summed E-state index contributed by atoms with van der Waals surface area (Å²) in [7, 11) is 0. The fourth-order valence-electron chi connectivity index (χ4n) is 1.60. The highest BCUT2D eigenvalue weighted by atomic mass is 16.5. The first-order valence-electron chi connectivity index (χ1n) is 6.15. The highest BCUT2D eigenvalue weighted by Gasteiger charge is 2.11. The SMILES string of the molecule is N#Cc1ccc(OCCOc2cccnc2C(=O)O)cc1. The van der Waals surface area contributed by atoms with E-state index in [1.54, 1.807) is 30.3 Å². The fraction of sp³-hybridized carbons (Fsp3) is 0.133. The molecular formula is C15H12N2O4. The molecule has 0 radical (unpaired) electrons. The first-order chi connectivity index (χ1) is 10.2. The molecule has 0 fully saturated rings. The van der Waals surface area contributed by atoms with Gasteiger partial charge >= 0.3 is 5.97 Å². The Morgan fingerprint density at radius 3 is 2.57 bits per heavy atom. The van der Waals surface area contributed by atoms with Crippen molar-refractivity contribution in [2.24, 2.45) is 0 Å². The Kier molecular flexibility index (Phi) is 4.72. The van der Waals surface area contributed by atoms with Crippen LogP contribution in [0.3, 0.4) is 0 Å². The number of aromatic carboxylic acids is 1. The molecule has 0 saturated heterocycles. The highest BCUT2D eigenvalue weighted by Crippen LogP contribution is 2.15. The molecule has 0 bridgehead atoms. The van der Waals surface area contributed by atoms with Crippen molar-refractivity contribution < 1.29 is 19.4 Å². The summed E-state index contributed by atoms with van der Waals surface area (Å²) in [6.45, 7) is 0.436. The van der Waals surface area contributed by atoms with Gasteiger partial charge in [-0.1, -0.05) is 0 Å². The predicted molar refractivity (Wildman–Crippen MR) is 73.3 cm³/mol. The summed E-state index contributed by atoms with van der Waals surface area (Å²) >= 11 is 0. The van der Waals surface area contributed by atoms with Crippen LogP contribution in [0.2, 0.25) is 0 Å². The minimum absolute atomic E-state index is 0.129. The normalized spacial score (nSPS) is 9.67. The number of nitrogens with zero attached hydrogens (tertiary/aromatic N) is 2. The first-order valence-corrected chi connectivity index (χ1v) is 6.15. The van der Waals surface area contributed by atoms with Gasteiger partial charge in [0.1, 0.15) is 19.0 Å². The maximum Gasteiger partial charge on any atom is 0.358 e. The van der Waals surface area contributed by atoms with Crippen molar-refractivity contribution in [1.82, 2.24) is 4.98 Å². The van der Waals surface area contributed by atoms with Crippen LogP contribution in [0, 0.1) is 11.3 Å². The van der Waals surface area contributed by atoms with E-state index in [9.17, 15) is 4.79 Å². The van der Waals surface area contributed by atoms with Gasteiger partial charge in [-0.3, -0.25) is 0 Å². The zero-order valence-electron chi connectivity index (χ0n) is 11.0. The maximum absolute atomic E-state index is 10.9. The highest BCUT2D eigenvalue weighted by molar-refractivity contribution is 5.88. The maximum atomic E-state index is 10.9. The Morgan fingerprint density at radius 1 is 1.19 bits per heavy atom. The second-order valence-corrected chi connectivity index (χ2v) is 3.99. The second-order valence-electron chi connectivity index (χ2n) is 3.99. The lowest BCUT2D eigenvalue weighted by Crippen LogP contribution is -2.12. The number of carbonyl (C=O) groups is 1. The van der Waals surface area contributed by atoms with Crippen molar-refractivity contribution in [1.29, 1.82) is 5.26 Å². The van der Waals surface area contributed by atoms with Crippen LogP contribution in [0.5, 0.6) is 11.5 Å². The largest absolute Gasteiger partial charge is 0.490 e. The monoisotopic (exact) mass is 284 g/mol. The second kappa shape index (κ2) is 6.91. The number of hydrogen-bond acceptors (Lipinski definition) is 5. The molecule has 6 nitrogen and oxygen atoms in total. The van der Waals surface area contributed by atoms with E-state index in [2.05, 4.69) is 4.98 Å². The Bertz CT molecular complexity index is 662. The molecule has 1 N–H and O–H groups in total. The lowest BCUT2D eigenvalue weighted by atomic mass is 10.2. The van der Waals surface area contributed by atoms with Crippen molar-refractivity contribution in [3.8, 4) is 17.6 Å². The first kappa shape index (κ1) is 14.3. The molecule has 0 unspecified atom stereocenters. The van der Waals surface area contributed by atoms with E-state index in [-0.39, 0.29) is 24.7 Å². The Hall–Kier alpha value is -3.07. The third-order valence-corrected chi connectivity index (χ3v) is 2.57. The summed E-state index contributed by atoms with van der Waals surface area (Å²) in [5.74, 6) is -0.325. The molecule has 1 heterocycles. The van der Waals surface area contributed by atoms with Gasteiger partial charge in [0.25, 0.3) is 0 Å². The molecule has 2 aromatic rings. The smallest absolute Gasteiger partial charge is 0.358 e. The number of carboxylic acids is 1. The van der Waals surface area contributed by atoms with Crippen LogP contribution in [0.15, 0.2) is 42.6 Å². The molecule has 1 aromatic heterocycles. The van der Waals surface area contributed by atoms with E-state index in [0.29, 0.717) is 11.3 Å². The molecule has 0 saturated carbocycles. The lowest BCUT2D eigenvalue weighted by Gasteiger charge is -2.09. The average molecular weight is 284 g/mol. The summed E-state index contributed by atoms with van der Waals surface area (Å²) < 4.78 is 10.8. The number of ether oxygens (including phenoxy) is 2. The van der Waals surface area contributed by atoms with Crippen LogP contribution < -0.4 is 9.47 Å². The van der Waals surface area contributed by atoms with Gasteiger partial charge in [0.05, 0.1) is 11.6 Å². The minimum Gasteiger partial charge on any atom is -0.490 e. The van der Waals surface area contributed by atoms with Crippen LogP contribution in [0.1, 0.15) is 16.1 Å². The van der Waals surface area contributed by atoms with Gasteiger partial charge in [0, 0.05) is 6.20 Å². The summed E-state index contributed by atoms with van der Waals surface area (Å²) in [5.41, 5.74) is 0.427. The van der Waals surface area contributed by atoms with E-state index in [4.69, 9.17) is 19.8 Å². The molecule has 0 atom stereocenters. The zero-order chi connectivity index (χ0) is 15.1. The van der Waals surface area contributed by atoms with Gasteiger partial charge in [-0.2, -0.15) is 5.26 Å². The molecule has 21 heavy (non-hydrogen) atoms. The van der Waals surface area contributed by atoms with Crippen LogP contribution in [-0.4, -0.2) is 29.3 Å². The third-order valence-electron chi connectivity index (χ3n) is 2.57. The molecule has 0 amide bonds. The third kappa shape index (κ3) is 3.94. The molecular weight excluding hydrogens is 272 g/mol. The number of carboxylic acid groups (broad SMARTS) is 1. The molecule has 0 aliphatic carbocycles. The van der Waals surface area contributed by atoms with Gasteiger partial charge in [-0.15, -0.1) is 0 Å². The van der Waals surface area contributed by atoms with Crippen LogP contribution in [0.25, 0.3) is 0 Å². The summed E-state index contributed by atoms with van der Waals surface area (Å²) in [4.78, 5) is 14.7. The Labute approximate surface area is 121 Å². The topological polar surface area (TPSA) is 92.4 Å². The molecule has 0 aliphatic rings. The van der Waals surface area contributed by atoms with Crippen LogP contribution in [-0.2, 0) is 0 Å². The van der Waals surface area contributed by atoms with Gasteiger partial charge in [0.15, 0.2) is 11.4 Å².